The molecule has 0 unspecified atom stereocenters. The van der Waals surface area contributed by atoms with Crippen LogP contribution < -0.4 is 11.1 Å². The highest BCUT2D eigenvalue weighted by Crippen LogP contribution is 2.31. The molecule has 3 N–H and O–H groups in total. The minimum Gasteiger partial charge on any atom is -0.369 e. The van der Waals surface area contributed by atoms with Gasteiger partial charge in [-0.25, -0.2) is 4.98 Å². The van der Waals surface area contributed by atoms with Crippen LogP contribution in [0.15, 0.2) is 140 Å². The highest BCUT2D eigenvalue weighted by Gasteiger charge is 2.26. The van der Waals surface area contributed by atoms with Crippen molar-refractivity contribution in [1.82, 2.24) is 29.6 Å². The molecule has 2 aliphatic rings. The summed E-state index contributed by atoms with van der Waals surface area (Å²) in [6.07, 6.45) is 11.1. The van der Waals surface area contributed by atoms with Crippen LogP contribution in [-0.2, 0) is 9.47 Å². The van der Waals surface area contributed by atoms with Crippen LogP contribution in [0.1, 0.15) is 85.8 Å². The first-order chi connectivity index (χ1) is 29.2. The zero-order chi connectivity index (χ0) is 40.3. The lowest BCUT2D eigenvalue weighted by Gasteiger charge is -2.34. The first-order valence-electron chi connectivity index (χ1n) is 21.8. The Morgan fingerprint density at radius 3 is 1.44 bits per heavy atom. The van der Waals surface area contributed by atoms with Crippen molar-refractivity contribution in [3.8, 4) is 0 Å². The Morgan fingerprint density at radius 1 is 0.559 bits per heavy atom. The van der Waals surface area contributed by atoms with E-state index in [1.165, 1.54) is 48.0 Å². The number of nitrogens with zero attached hydrogens (tertiary/aromatic N) is 6. The number of likely N-dealkylation sites (tertiary alicyclic amines) is 2. The fourth-order valence-electron chi connectivity index (χ4n) is 8.10. The monoisotopic (exact) mass is 794 g/mol. The van der Waals surface area contributed by atoms with Gasteiger partial charge in [-0.2, -0.15) is 0 Å². The molecular formula is C49H62N8O2. The lowest BCUT2D eigenvalue weighted by atomic mass is 10.00. The molecule has 0 spiro atoms. The third kappa shape index (κ3) is 13.0. The van der Waals surface area contributed by atoms with Crippen LogP contribution in [0, 0.1) is 0 Å². The van der Waals surface area contributed by atoms with E-state index in [0.29, 0.717) is 12.2 Å². The number of unbranched alkanes of at least 4 members (excludes halogenated alkanes) is 2. The molecule has 0 radical (unpaired) electrons. The molecule has 0 amide bonds. The maximum absolute atomic E-state index is 6.67. The number of rotatable bonds is 18. The van der Waals surface area contributed by atoms with Crippen molar-refractivity contribution < 1.29 is 9.47 Å². The summed E-state index contributed by atoms with van der Waals surface area (Å²) in [7, 11) is 0. The second-order valence-electron chi connectivity index (χ2n) is 15.7. The van der Waals surface area contributed by atoms with Crippen molar-refractivity contribution in [2.45, 2.75) is 75.8 Å². The van der Waals surface area contributed by atoms with Gasteiger partial charge in [-0.15, -0.1) is 14.8 Å². The van der Waals surface area contributed by atoms with Crippen LogP contribution in [0.3, 0.4) is 0 Å². The number of aromatic nitrogens is 4. The number of anilines is 1. The first-order valence-corrected chi connectivity index (χ1v) is 21.8. The summed E-state index contributed by atoms with van der Waals surface area (Å²) in [6.45, 7) is 8.46. The normalized spacial score (nSPS) is 15.7. The van der Waals surface area contributed by atoms with E-state index in [4.69, 9.17) is 15.2 Å². The van der Waals surface area contributed by atoms with E-state index in [9.17, 15) is 0 Å². The third-order valence-electron chi connectivity index (χ3n) is 11.4. The molecule has 2 aromatic heterocycles. The number of hydrogen-bond donors (Lipinski definition) is 2. The van der Waals surface area contributed by atoms with Crippen molar-refractivity contribution in [3.05, 3.63) is 162 Å². The summed E-state index contributed by atoms with van der Waals surface area (Å²) < 4.78 is 14.8. The molecule has 0 atom stereocenters. The molecule has 2 fully saturated rings. The molecule has 59 heavy (non-hydrogen) atoms. The molecule has 310 valence electrons. The Bertz CT molecular complexity index is 1940. The summed E-state index contributed by atoms with van der Waals surface area (Å²) >= 11 is 0. The second-order valence-corrected chi connectivity index (χ2v) is 15.7. The van der Waals surface area contributed by atoms with Crippen LogP contribution in [0.5, 0.6) is 0 Å². The molecular weight excluding hydrogens is 733 g/mol. The molecule has 2 aliphatic heterocycles. The fourth-order valence-corrected chi connectivity index (χ4v) is 8.10. The summed E-state index contributed by atoms with van der Waals surface area (Å²) in [4.78, 5) is 9.24. The minimum absolute atomic E-state index is 0.00428. The number of benzene rings is 4. The zero-order valence-corrected chi connectivity index (χ0v) is 34.5. The van der Waals surface area contributed by atoms with Gasteiger partial charge in [-0.1, -0.05) is 121 Å². The van der Waals surface area contributed by atoms with E-state index in [1.807, 2.05) is 12.1 Å². The average molecular weight is 795 g/mol. The molecule has 10 nitrogen and oxygen atoms in total. The van der Waals surface area contributed by atoms with Crippen molar-refractivity contribution >= 4 is 11.5 Å². The van der Waals surface area contributed by atoms with E-state index >= 15 is 0 Å². The number of nitrogens with two attached hydrogens (primary N) is 1. The Labute approximate surface area is 350 Å². The Kier molecular flexibility index (Phi) is 16.4. The van der Waals surface area contributed by atoms with E-state index in [-0.39, 0.29) is 12.2 Å². The zero-order valence-electron chi connectivity index (χ0n) is 34.5. The first kappa shape index (κ1) is 42.2. The molecule has 8 rings (SSSR count). The lowest BCUT2D eigenvalue weighted by Crippen LogP contribution is -2.38. The lowest BCUT2D eigenvalue weighted by molar-refractivity contribution is -0.0271. The third-order valence-corrected chi connectivity index (χ3v) is 11.4. The van der Waals surface area contributed by atoms with E-state index in [1.54, 1.807) is 4.63 Å². The number of piperidine rings is 2. The van der Waals surface area contributed by atoms with Crippen molar-refractivity contribution in [2.75, 3.05) is 57.7 Å². The van der Waals surface area contributed by atoms with Crippen LogP contribution in [0.25, 0.3) is 5.65 Å². The largest absolute Gasteiger partial charge is 0.369 e. The molecule has 4 aromatic carbocycles. The molecule has 2 saturated heterocycles. The van der Waals surface area contributed by atoms with Gasteiger partial charge in [0.15, 0.2) is 5.65 Å². The van der Waals surface area contributed by atoms with Crippen LogP contribution in [-0.4, -0.2) is 94.2 Å². The predicted molar refractivity (Wildman–Crippen MR) is 237 cm³/mol. The highest BCUT2D eigenvalue weighted by atomic mass is 16.5. The fraction of sp³-hybridized carbons (Fsp3) is 0.408. The van der Waals surface area contributed by atoms with Gasteiger partial charge in [0.25, 0.3) is 0 Å². The summed E-state index contributed by atoms with van der Waals surface area (Å²) in [6, 6.07) is 46.2. The quantitative estimate of drug-likeness (QED) is 0.0828. The molecule has 10 heteroatoms. The van der Waals surface area contributed by atoms with Gasteiger partial charge in [0, 0.05) is 32.7 Å². The van der Waals surface area contributed by atoms with E-state index in [2.05, 4.69) is 152 Å². The van der Waals surface area contributed by atoms with Crippen LogP contribution >= 0.6 is 0 Å². The summed E-state index contributed by atoms with van der Waals surface area (Å²) in [5.41, 5.74) is 11.3. The van der Waals surface area contributed by atoms with Gasteiger partial charge in [0.05, 0.1) is 12.2 Å². The topological polar surface area (TPSA) is 106 Å². The maximum atomic E-state index is 6.67. The van der Waals surface area contributed by atoms with Crippen LogP contribution in [0.4, 0.5) is 5.82 Å². The number of nitrogens with one attached hydrogen (secondary N) is 1. The number of ether oxygens (including phenoxy) is 2. The van der Waals surface area contributed by atoms with Gasteiger partial charge in [-0.05, 0) is 105 Å². The number of fused-ring (bicyclic) bond motifs is 1. The summed E-state index contributed by atoms with van der Waals surface area (Å²) in [5.74, 6) is 0.836. The van der Waals surface area contributed by atoms with E-state index < -0.39 is 0 Å². The highest BCUT2D eigenvalue weighted by molar-refractivity contribution is 5.42. The van der Waals surface area contributed by atoms with Gasteiger partial charge < -0.3 is 30.3 Å². The SMILES string of the molecule is NCCCCN1CCC(OC(c2ccccc2)c2ccccc2)CC1.c1ccc(C(OC2CCN(CCCCNc3ccc4ncnn4n3)CC2)c2ccccc2)cc1. The molecule has 6 aromatic rings. The van der Waals surface area contributed by atoms with Crippen molar-refractivity contribution in [3.63, 3.8) is 0 Å². The van der Waals surface area contributed by atoms with Gasteiger partial charge >= 0.3 is 0 Å². The Balaban J connectivity index is 0.000000188. The van der Waals surface area contributed by atoms with Gasteiger partial charge in [0.2, 0.25) is 0 Å². The Morgan fingerprint density at radius 2 is 1.00 bits per heavy atom. The van der Waals surface area contributed by atoms with Crippen molar-refractivity contribution in [1.29, 1.82) is 0 Å². The Hall–Kier alpha value is -4.97. The predicted octanol–water partition coefficient (Wildman–Crippen LogP) is 8.58. The van der Waals surface area contributed by atoms with Gasteiger partial charge in [-0.3, -0.25) is 0 Å². The molecule has 0 aliphatic carbocycles. The van der Waals surface area contributed by atoms with E-state index in [0.717, 1.165) is 95.8 Å². The average Bonchev–Trinajstić information content (AvgIpc) is 3.78. The number of hydrogen-bond acceptors (Lipinski definition) is 9. The van der Waals surface area contributed by atoms with Gasteiger partial charge in [0.1, 0.15) is 24.4 Å². The maximum Gasteiger partial charge on any atom is 0.176 e. The molecule has 0 bridgehead atoms. The van der Waals surface area contributed by atoms with Crippen molar-refractivity contribution in [2.24, 2.45) is 5.73 Å². The standard InChI is InChI=1S/C27H32N6O.C22H30N2O/c1-3-9-22(10-4-1)27(23-11-5-2-6-12-23)34-24-15-19-32(20-16-24)18-8-7-17-28-25-13-14-26-29-21-30-33(26)31-25;23-15-7-8-16-24-17-13-21(14-18-24)25-22(19-9-3-1-4-10-19)20-11-5-2-6-12-20/h1-6,9-14,21,24,27H,7-8,15-20H2,(H,28,31);1-6,9-12,21-22H,7-8,13-18,23H2. The smallest absolute Gasteiger partial charge is 0.176 e. The molecule has 4 heterocycles. The minimum atomic E-state index is -0.00428. The second kappa shape index (κ2) is 23.0. The molecule has 0 saturated carbocycles. The summed E-state index contributed by atoms with van der Waals surface area (Å²) in [5, 5.41) is 11.9. The van der Waals surface area contributed by atoms with Crippen LogP contribution in [0.2, 0.25) is 0 Å².